The third kappa shape index (κ3) is 7.76. The predicted octanol–water partition coefficient (Wildman–Crippen LogP) is 8.80. The van der Waals surface area contributed by atoms with Gasteiger partial charge in [0.15, 0.2) is 0 Å². The molecule has 0 radical (unpaired) electrons. The zero-order valence-electron chi connectivity index (χ0n) is 22.9. The first-order valence-electron chi connectivity index (χ1n) is 12.6. The molecule has 3 atom stereocenters. The molecule has 2 N–H and O–H groups in total. The second-order valence-corrected chi connectivity index (χ2v) is 10.9. The van der Waals surface area contributed by atoms with E-state index in [1.807, 2.05) is 0 Å². The molecule has 3 rings (SSSR count). The average Bonchev–Trinajstić information content (AvgIpc) is 2.89. The van der Waals surface area contributed by atoms with Gasteiger partial charge in [-0.25, -0.2) is 4.39 Å². The number of methoxy groups -OCH3 is 1. The summed E-state index contributed by atoms with van der Waals surface area (Å²) in [4.78, 5) is 0. The molecule has 0 saturated heterocycles. The summed E-state index contributed by atoms with van der Waals surface area (Å²) in [6, 6.07) is 6.08. The SMILES string of the molecule is COc1cc(F)c(C(C)C)cc1-c1ccc(C(F)(F)P)cc1CNC(C)C(O)c1cc(C(F)(F)F)cc(C(F)(F)F)c1. The number of aliphatic hydroxyl groups is 1. The number of hydrogen-bond donors (Lipinski definition) is 2. The molecule has 3 aromatic rings. The van der Waals surface area contributed by atoms with E-state index in [1.54, 1.807) is 13.8 Å². The van der Waals surface area contributed by atoms with Gasteiger partial charge in [-0.1, -0.05) is 35.2 Å². The number of nitrogens with one attached hydrogen (secondary N) is 1. The minimum absolute atomic E-state index is 0.0451. The van der Waals surface area contributed by atoms with E-state index in [2.05, 4.69) is 5.32 Å². The van der Waals surface area contributed by atoms with Crippen LogP contribution < -0.4 is 10.1 Å². The van der Waals surface area contributed by atoms with E-state index in [4.69, 9.17) is 4.74 Å². The Balaban J connectivity index is 2.04. The largest absolute Gasteiger partial charge is 0.496 e. The Morgan fingerprint density at radius 2 is 1.38 bits per heavy atom. The highest BCUT2D eigenvalue weighted by atomic mass is 31.0. The van der Waals surface area contributed by atoms with Gasteiger partial charge in [0.05, 0.1) is 24.3 Å². The molecule has 0 bridgehead atoms. The molecule has 3 nitrogen and oxygen atoms in total. The molecule has 13 heteroatoms. The maximum Gasteiger partial charge on any atom is 0.416 e. The molecule has 0 aliphatic rings. The van der Waals surface area contributed by atoms with Crippen molar-refractivity contribution in [3.63, 3.8) is 0 Å². The monoisotopic (exact) mass is 625 g/mol. The zero-order valence-corrected chi connectivity index (χ0v) is 24.0. The molecule has 0 aromatic heterocycles. The van der Waals surface area contributed by atoms with Crippen LogP contribution >= 0.6 is 9.24 Å². The van der Waals surface area contributed by atoms with Gasteiger partial charge in [0.25, 0.3) is 5.66 Å². The quantitative estimate of drug-likeness (QED) is 0.185. The second kappa shape index (κ2) is 12.4. The van der Waals surface area contributed by atoms with Crippen molar-refractivity contribution in [1.82, 2.24) is 5.32 Å². The summed E-state index contributed by atoms with van der Waals surface area (Å²) in [5.41, 5.74) is -6.24. The smallest absolute Gasteiger partial charge is 0.416 e. The highest BCUT2D eigenvalue weighted by molar-refractivity contribution is 7.17. The standard InChI is InChI=1S/C29H29F9NO2P/c1-14(2)22-11-23(25(41-4)12-24(22)30)21-6-5-18(29(37,38)42)9-17(21)13-39-15(3)26(40)16-7-19(27(31,32)33)10-20(8-16)28(34,35)36/h5-12,14-15,26,39-40H,13,42H2,1-4H3. The number of hydrogen-bond acceptors (Lipinski definition) is 3. The van der Waals surface area contributed by atoms with Crippen molar-refractivity contribution in [2.45, 2.75) is 63.4 Å². The van der Waals surface area contributed by atoms with Gasteiger partial charge in [-0.05, 0) is 65.4 Å². The lowest BCUT2D eigenvalue weighted by Gasteiger charge is -2.24. The molecule has 0 aliphatic heterocycles. The average molecular weight is 626 g/mol. The fourth-order valence-electron chi connectivity index (χ4n) is 4.42. The number of aliphatic hydroxyl groups excluding tert-OH is 1. The van der Waals surface area contributed by atoms with E-state index >= 15 is 0 Å². The number of benzene rings is 3. The first-order valence-corrected chi connectivity index (χ1v) is 13.2. The first-order chi connectivity index (χ1) is 19.2. The molecule has 230 valence electrons. The van der Waals surface area contributed by atoms with Gasteiger partial charge < -0.3 is 15.2 Å². The highest BCUT2D eigenvalue weighted by Crippen LogP contribution is 2.41. The molecular formula is C29H29F9NO2P. The van der Waals surface area contributed by atoms with Gasteiger partial charge >= 0.3 is 12.4 Å². The normalized spacial score (nSPS) is 14.3. The molecule has 0 amide bonds. The number of rotatable bonds is 9. The van der Waals surface area contributed by atoms with Crippen LogP contribution in [0.3, 0.4) is 0 Å². The minimum Gasteiger partial charge on any atom is -0.496 e. The molecule has 0 saturated carbocycles. The molecule has 42 heavy (non-hydrogen) atoms. The van der Waals surface area contributed by atoms with Crippen LogP contribution in [-0.4, -0.2) is 18.3 Å². The van der Waals surface area contributed by atoms with Crippen LogP contribution in [0.4, 0.5) is 39.5 Å². The third-order valence-corrected chi connectivity index (χ3v) is 7.09. The molecule has 0 fully saturated rings. The maximum absolute atomic E-state index is 14.6. The molecule has 3 unspecified atom stereocenters. The summed E-state index contributed by atoms with van der Waals surface area (Å²) < 4.78 is 128. The van der Waals surface area contributed by atoms with Crippen LogP contribution in [0, 0.1) is 5.82 Å². The number of alkyl halides is 8. The Bertz CT molecular complexity index is 1380. The lowest BCUT2D eigenvalue weighted by Crippen LogP contribution is -2.32. The Hall–Kier alpha value is -2.82. The van der Waals surface area contributed by atoms with Gasteiger partial charge in [0.2, 0.25) is 0 Å². The third-order valence-electron chi connectivity index (χ3n) is 6.76. The highest BCUT2D eigenvalue weighted by Gasteiger charge is 2.38. The van der Waals surface area contributed by atoms with Crippen LogP contribution in [0.25, 0.3) is 11.1 Å². The van der Waals surface area contributed by atoms with E-state index < -0.39 is 58.2 Å². The second-order valence-electron chi connectivity index (χ2n) is 10.2. The summed E-state index contributed by atoms with van der Waals surface area (Å²) in [5.74, 6) is -0.661. The van der Waals surface area contributed by atoms with Gasteiger partial charge in [0, 0.05) is 29.8 Å². The number of halogens is 9. The topological polar surface area (TPSA) is 41.5 Å². The van der Waals surface area contributed by atoms with E-state index in [1.165, 1.54) is 41.5 Å². The molecule has 0 heterocycles. The Labute approximate surface area is 239 Å². The molecular weight excluding hydrogens is 596 g/mol. The summed E-state index contributed by atoms with van der Waals surface area (Å²) in [7, 11) is 2.71. The Kier molecular flexibility index (Phi) is 9.96. The van der Waals surface area contributed by atoms with Crippen molar-refractivity contribution >= 4 is 9.24 Å². The summed E-state index contributed by atoms with van der Waals surface area (Å²) in [6.45, 7) is 4.60. The lowest BCUT2D eigenvalue weighted by atomic mass is 9.92. The summed E-state index contributed by atoms with van der Waals surface area (Å²) >= 11 is 0. The van der Waals surface area contributed by atoms with Crippen molar-refractivity contribution in [2.75, 3.05) is 7.11 Å². The van der Waals surface area contributed by atoms with Gasteiger partial charge in [-0.3, -0.25) is 0 Å². The Morgan fingerprint density at radius 3 is 1.86 bits per heavy atom. The van der Waals surface area contributed by atoms with Crippen LogP contribution in [0.5, 0.6) is 5.75 Å². The predicted molar refractivity (Wildman–Crippen MR) is 144 cm³/mol. The minimum atomic E-state index is -5.10. The summed E-state index contributed by atoms with van der Waals surface area (Å²) in [5, 5.41) is 13.6. The molecule has 0 spiro atoms. The van der Waals surface area contributed by atoms with Crippen molar-refractivity contribution in [1.29, 1.82) is 0 Å². The van der Waals surface area contributed by atoms with Gasteiger partial charge in [-0.2, -0.15) is 35.1 Å². The van der Waals surface area contributed by atoms with E-state index in [-0.39, 0.29) is 29.8 Å². The fraction of sp³-hybridized carbons (Fsp3) is 0.379. The van der Waals surface area contributed by atoms with Crippen LogP contribution in [0.2, 0.25) is 0 Å². The Morgan fingerprint density at radius 1 is 0.810 bits per heavy atom. The van der Waals surface area contributed by atoms with Crippen molar-refractivity contribution in [3.05, 3.63) is 87.7 Å². The van der Waals surface area contributed by atoms with E-state index in [0.717, 1.165) is 12.1 Å². The fourth-order valence-corrected chi connectivity index (χ4v) is 4.60. The number of ether oxygens (including phenoxy) is 1. The lowest BCUT2D eigenvalue weighted by molar-refractivity contribution is -0.143. The van der Waals surface area contributed by atoms with Crippen LogP contribution in [-0.2, 0) is 24.6 Å². The maximum atomic E-state index is 14.6. The zero-order chi connectivity index (χ0) is 31.8. The van der Waals surface area contributed by atoms with Crippen molar-refractivity contribution in [2.24, 2.45) is 0 Å². The van der Waals surface area contributed by atoms with Crippen LogP contribution in [0.1, 0.15) is 66.2 Å². The molecule has 3 aromatic carbocycles. The van der Waals surface area contributed by atoms with Crippen molar-refractivity contribution in [3.8, 4) is 16.9 Å². The van der Waals surface area contributed by atoms with Gasteiger partial charge in [-0.15, -0.1) is 0 Å². The van der Waals surface area contributed by atoms with E-state index in [9.17, 15) is 44.6 Å². The first kappa shape index (κ1) is 33.7. The van der Waals surface area contributed by atoms with Crippen molar-refractivity contribution < 1.29 is 49.4 Å². The van der Waals surface area contributed by atoms with E-state index in [0.29, 0.717) is 28.8 Å². The van der Waals surface area contributed by atoms with Crippen LogP contribution in [0.15, 0.2) is 48.5 Å². The van der Waals surface area contributed by atoms with Gasteiger partial charge in [0.1, 0.15) is 11.6 Å². The molecule has 0 aliphatic carbocycles. The summed E-state index contributed by atoms with van der Waals surface area (Å²) in [6.07, 6.45) is -12.0.